The number of rotatable bonds is 0. The van der Waals surface area contributed by atoms with Gasteiger partial charge in [-0.1, -0.05) is 0 Å². The molecule has 0 saturated carbocycles. The van der Waals surface area contributed by atoms with Gasteiger partial charge in [0.2, 0.25) is 0 Å². The minimum Gasteiger partial charge on any atom is -0.351 e. The van der Waals surface area contributed by atoms with Gasteiger partial charge in [-0.2, -0.15) is 0 Å². The summed E-state index contributed by atoms with van der Waals surface area (Å²) < 4.78 is 0. The molecular formula is C10H22Cl2N4O. The highest BCUT2D eigenvalue weighted by Gasteiger charge is 2.44. The van der Waals surface area contributed by atoms with Gasteiger partial charge >= 0.3 is 6.03 Å². The molecule has 2 saturated heterocycles. The van der Waals surface area contributed by atoms with Gasteiger partial charge in [0.15, 0.2) is 0 Å². The van der Waals surface area contributed by atoms with E-state index in [-0.39, 0.29) is 36.4 Å². The Kier molecular flexibility index (Phi) is 6.01. The summed E-state index contributed by atoms with van der Waals surface area (Å²) in [6.45, 7) is 8.95. The van der Waals surface area contributed by atoms with E-state index in [1.54, 1.807) is 4.90 Å². The van der Waals surface area contributed by atoms with Crippen LogP contribution in [0.2, 0.25) is 0 Å². The molecule has 2 heterocycles. The van der Waals surface area contributed by atoms with Crippen molar-refractivity contribution in [1.29, 1.82) is 0 Å². The van der Waals surface area contributed by atoms with Crippen molar-refractivity contribution in [2.75, 3.05) is 32.7 Å². The quantitative estimate of drug-likeness (QED) is 0.672. The number of urea groups is 1. The number of hydrogen-bond donors (Lipinski definition) is 2. The number of carbonyl (C=O) groups excluding carboxylic acids is 1. The van der Waals surface area contributed by atoms with Gasteiger partial charge in [0.05, 0.1) is 5.54 Å². The number of carbonyl (C=O) groups is 1. The summed E-state index contributed by atoms with van der Waals surface area (Å²) in [4.78, 5) is 15.6. The molecule has 7 heteroatoms. The number of primary amides is 1. The van der Waals surface area contributed by atoms with Crippen LogP contribution >= 0.6 is 24.8 Å². The lowest BCUT2D eigenvalue weighted by Crippen LogP contribution is -2.72. The van der Waals surface area contributed by atoms with Crippen molar-refractivity contribution in [2.24, 2.45) is 5.73 Å². The highest BCUT2D eigenvalue weighted by Crippen LogP contribution is 2.28. The first kappa shape index (κ1) is 16.8. The number of nitrogens with one attached hydrogen (secondary N) is 1. The predicted molar refractivity (Wildman–Crippen MR) is 73.1 cm³/mol. The third-order valence-corrected chi connectivity index (χ3v) is 3.74. The largest absolute Gasteiger partial charge is 0.351 e. The maximum absolute atomic E-state index is 11.4. The smallest absolute Gasteiger partial charge is 0.315 e. The first-order valence-corrected chi connectivity index (χ1v) is 5.55. The third-order valence-electron chi connectivity index (χ3n) is 3.74. The average Bonchev–Trinajstić information content (AvgIpc) is 2.17. The maximum Gasteiger partial charge on any atom is 0.315 e. The number of nitrogens with two attached hydrogens (primary N) is 1. The van der Waals surface area contributed by atoms with Crippen LogP contribution in [0.1, 0.15) is 13.8 Å². The molecule has 17 heavy (non-hydrogen) atoms. The van der Waals surface area contributed by atoms with Crippen molar-refractivity contribution in [1.82, 2.24) is 15.1 Å². The molecule has 0 aromatic heterocycles. The van der Waals surface area contributed by atoms with Crippen LogP contribution in [0.3, 0.4) is 0 Å². The van der Waals surface area contributed by atoms with E-state index in [4.69, 9.17) is 5.73 Å². The number of amides is 2. The summed E-state index contributed by atoms with van der Waals surface area (Å²) in [7, 11) is 0. The average molecular weight is 285 g/mol. The summed E-state index contributed by atoms with van der Waals surface area (Å²) in [5, 5.41) is 3.38. The molecule has 2 aliphatic rings. The van der Waals surface area contributed by atoms with E-state index >= 15 is 0 Å². The number of piperazine rings is 2. The zero-order valence-electron chi connectivity index (χ0n) is 10.3. The number of halogens is 2. The molecule has 0 aromatic rings. The lowest BCUT2D eigenvalue weighted by Gasteiger charge is -2.54. The van der Waals surface area contributed by atoms with Crippen LogP contribution < -0.4 is 11.1 Å². The van der Waals surface area contributed by atoms with E-state index in [1.807, 2.05) is 0 Å². The summed E-state index contributed by atoms with van der Waals surface area (Å²) >= 11 is 0. The minimum atomic E-state index is -0.301. The van der Waals surface area contributed by atoms with Crippen molar-refractivity contribution in [2.45, 2.75) is 25.4 Å². The van der Waals surface area contributed by atoms with Crippen LogP contribution in [0.15, 0.2) is 0 Å². The Morgan fingerprint density at radius 1 is 1.29 bits per heavy atom. The molecule has 0 radical (unpaired) electrons. The van der Waals surface area contributed by atoms with Gasteiger partial charge in [-0.3, -0.25) is 4.90 Å². The Morgan fingerprint density at radius 3 is 2.53 bits per heavy atom. The molecule has 5 nitrogen and oxygen atoms in total. The molecule has 1 atom stereocenters. The van der Waals surface area contributed by atoms with Crippen molar-refractivity contribution in [3.8, 4) is 0 Å². The summed E-state index contributed by atoms with van der Waals surface area (Å²) in [5.41, 5.74) is 5.24. The van der Waals surface area contributed by atoms with E-state index in [1.165, 1.54) is 0 Å². The lowest BCUT2D eigenvalue weighted by molar-refractivity contribution is -0.0172. The Morgan fingerprint density at radius 2 is 1.94 bits per heavy atom. The fraction of sp³-hybridized carbons (Fsp3) is 0.900. The van der Waals surface area contributed by atoms with E-state index in [2.05, 4.69) is 24.1 Å². The second-order valence-electron chi connectivity index (χ2n) is 4.90. The molecule has 0 aliphatic carbocycles. The third kappa shape index (κ3) is 2.96. The molecule has 0 spiro atoms. The normalized spacial score (nSPS) is 27.4. The van der Waals surface area contributed by atoms with Gasteiger partial charge in [0.25, 0.3) is 0 Å². The molecule has 0 aromatic carbocycles. The Hall–Kier alpha value is -0.230. The van der Waals surface area contributed by atoms with Crippen LogP contribution in [-0.4, -0.2) is 60.1 Å². The van der Waals surface area contributed by atoms with Crippen LogP contribution in [0, 0.1) is 0 Å². The molecule has 3 N–H and O–H groups in total. The minimum absolute atomic E-state index is 0. The van der Waals surface area contributed by atoms with Gasteiger partial charge in [0.1, 0.15) is 0 Å². The molecule has 0 bridgehead atoms. The number of fused-ring (bicyclic) bond motifs is 1. The molecule has 2 rings (SSSR count). The van der Waals surface area contributed by atoms with Crippen molar-refractivity contribution in [3.63, 3.8) is 0 Å². The number of nitrogens with zero attached hydrogens (tertiary/aromatic N) is 2. The topological polar surface area (TPSA) is 61.6 Å². The van der Waals surface area contributed by atoms with Crippen LogP contribution in [0.5, 0.6) is 0 Å². The van der Waals surface area contributed by atoms with E-state index in [9.17, 15) is 4.79 Å². The molecular weight excluding hydrogens is 263 g/mol. The summed E-state index contributed by atoms with van der Waals surface area (Å²) in [5.74, 6) is 0. The van der Waals surface area contributed by atoms with Gasteiger partial charge in [-0.05, 0) is 13.8 Å². The highest BCUT2D eigenvalue weighted by atomic mass is 35.5. The molecule has 2 aliphatic heterocycles. The molecule has 2 amide bonds. The molecule has 1 unspecified atom stereocenters. The SMILES string of the molecule is CC1(C)C2CNCCN2CCN1C(N)=O.Cl.Cl. The maximum atomic E-state index is 11.4. The fourth-order valence-corrected chi connectivity index (χ4v) is 2.80. The Balaban J connectivity index is 0.00000128. The zero-order chi connectivity index (χ0) is 11.1. The van der Waals surface area contributed by atoms with E-state index in [0.717, 1.165) is 32.7 Å². The number of hydrogen-bond acceptors (Lipinski definition) is 3. The molecule has 102 valence electrons. The van der Waals surface area contributed by atoms with Crippen LogP contribution in [0.25, 0.3) is 0 Å². The second kappa shape index (κ2) is 6.09. The van der Waals surface area contributed by atoms with E-state index < -0.39 is 0 Å². The molecule has 2 fully saturated rings. The van der Waals surface area contributed by atoms with Crippen molar-refractivity contribution < 1.29 is 4.79 Å². The fourth-order valence-electron chi connectivity index (χ4n) is 2.80. The standard InChI is InChI=1S/C10H20N4O.2ClH/c1-10(2)8-7-12-3-4-13(8)5-6-14(10)9(11)15;;/h8,12H,3-7H2,1-2H3,(H2,11,15);2*1H. The Bertz CT molecular complexity index is 275. The first-order valence-electron chi connectivity index (χ1n) is 5.55. The van der Waals surface area contributed by atoms with Crippen LogP contribution in [0.4, 0.5) is 4.79 Å². The first-order chi connectivity index (χ1) is 7.03. The van der Waals surface area contributed by atoms with Gasteiger partial charge in [-0.15, -0.1) is 24.8 Å². The summed E-state index contributed by atoms with van der Waals surface area (Å²) in [6, 6.07) is 0.0812. The van der Waals surface area contributed by atoms with Crippen molar-refractivity contribution in [3.05, 3.63) is 0 Å². The summed E-state index contributed by atoms with van der Waals surface area (Å²) in [6.07, 6.45) is 0. The van der Waals surface area contributed by atoms with Gasteiger partial charge in [-0.25, -0.2) is 4.79 Å². The predicted octanol–water partition coefficient (Wildman–Crippen LogP) is 0.277. The van der Waals surface area contributed by atoms with Crippen molar-refractivity contribution >= 4 is 30.8 Å². The van der Waals surface area contributed by atoms with Crippen LogP contribution in [-0.2, 0) is 0 Å². The van der Waals surface area contributed by atoms with E-state index in [0.29, 0.717) is 6.04 Å². The second-order valence-corrected chi connectivity index (χ2v) is 4.90. The van der Waals surface area contributed by atoms with Gasteiger partial charge in [0, 0.05) is 38.8 Å². The monoisotopic (exact) mass is 284 g/mol. The highest BCUT2D eigenvalue weighted by molar-refractivity contribution is 5.85. The Labute approximate surface area is 115 Å². The van der Waals surface area contributed by atoms with Gasteiger partial charge < -0.3 is 16.0 Å². The lowest BCUT2D eigenvalue weighted by atomic mass is 9.87. The zero-order valence-corrected chi connectivity index (χ0v) is 11.9.